The lowest BCUT2D eigenvalue weighted by Gasteiger charge is -2.19. The molecule has 2 aromatic heterocycles. The maximum atomic E-state index is 12.6. The lowest BCUT2D eigenvalue weighted by atomic mass is 10.0. The van der Waals surface area contributed by atoms with Gasteiger partial charge >= 0.3 is 0 Å². The Morgan fingerprint density at radius 3 is 2.64 bits per heavy atom. The Balaban J connectivity index is 1.83. The van der Waals surface area contributed by atoms with Crippen molar-refractivity contribution < 1.29 is 9.59 Å². The van der Waals surface area contributed by atoms with E-state index in [4.69, 9.17) is 0 Å². The standard InChI is InChI=1S/C19H21N3O2S/c1-12(2)21-18(23)16(22-19(24)17-8-5-9-25-17)10-13-11-20-15-7-4-3-6-14(13)15/h3-9,11-12,16,20H,10H2,1-2H3,(H,21,23)(H,22,24)/t16-/m1/s1. The highest BCUT2D eigenvalue weighted by molar-refractivity contribution is 7.12. The van der Waals surface area contributed by atoms with Crippen molar-refractivity contribution in [3.63, 3.8) is 0 Å². The SMILES string of the molecule is CC(C)NC(=O)[C@@H](Cc1c[nH]c2ccccc12)NC(=O)c1cccs1. The Labute approximate surface area is 150 Å². The largest absolute Gasteiger partial charge is 0.361 e. The van der Waals surface area contributed by atoms with Crippen LogP contribution in [0.3, 0.4) is 0 Å². The Hall–Kier alpha value is -2.60. The predicted molar refractivity (Wildman–Crippen MR) is 101 cm³/mol. The molecule has 5 nitrogen and oxygen atoms in total. The van der Waals surface area contributed by atoms with Gasteiger partial charge in [0, 0.05) is 29.6 Å². The molecule has 0 aliphatic rings. The van der Waals surface area contributed by atoms with Gasteiger partial charge in [-0.25, -0.2) is 0 Å². The van der Waals surface area contributed by atoms with E-state index in [0.717, 1.165) is 16.5 Å². The third-order valence-corrected chi connectivity index (χ3v) is 4.77. The van der Waals surface area contributed by atoms with E-state index < -0.39 is 6.04 Å². The van der Waals surface area contributed by atoms with Gasteiger partial charge in [0.2, 0.25) is 5.91 Å². The van der Waals surface area contributed by atoms with Crippen LogP contribution in [0.4, 0.5) is 0 Å². The van der Waals surface area contributed by atoms with Crippen LogP contribution < -0.4 is 10.6 Å². The number of carbonyl (C=O) groups is 2. The normalized spacial score (nSPS) is 12.3. The first kappa shape index (κ1) is 17.2. The summed E-state index contributed by atoms with van der Waals surface area (Å²) >= 11 is 1.36. The summed E-state index contributed by atoms with van der Waals surface area (Å²) in [5.74, 6) is -0.399. The lowest BCUT2D eigenvalue weighted by Crippen LogP contribution is -2.49. The minimum Gasteiger partial charge on any atom is -0.361 e. The number of rotatable bonds is 6. The molecule has 0 radical (unpaired) electrons. The van der Waals surface area contributed by atoms with Gasteiger partial charge in [0.25, 0.3) is 5.91 Å². The molecule has 2 heterocycles. The van der Waals surface area contributed by atoms with Crippen LogP contribution in [0.1, 0.15) is 29.1 Å². The molecule has 3 rings (SSSR count). The van der Waals surface area contributed by atoms with Crippen LogP contribution in [-0.2, 0) is 11.2 Å². The van der Waals surface area contributed by atoms with Crippen molar-refractivity contribution in [2.75, 3.05) is 0 Å². The summed E-state index contributed by atoms with van der Waals surface area (Å²) in [6.45, 7) is 3.81. The fraction of sp³-hybridized carbons (Fsp3) is 0.263. The van der Waals surface area contributed by atoms with Crippen molar-refractivity contribution in [3.05, 3.63) is 58.4 Å². The molecule has 0 saturated carbocycles. The molecule has 0 spiro atoms. The van der Waals surface area contributed by atoms with E-state index in [9.17, 15) is 9.59 Å². The highest BCUT2D eigenvalue weighted by Gasteiger charge is 2.23. The molecule has 130 valence electrons. The molecule has 3 aromatic rings. The zero-order chi connectivity index (χ0) is 17.8. The summed E-state index contributed by atoms with van der Waals surface area (Å²) in [6, 6.07) is 10.9. The van der Waals surface area contributed by atoms with Gasteiger partial charge in [-0.05, 0) is 36.9 Å². The van der Waals surface area contributed by atoms with Crippen molar-refractivity contribution in [2.45, 2.75) is 32.4 Å². The summed E-state index contributed by atoms with van der Waals surface area (Å²) in [7, 11) is 0. The number of para-hydroxylation sites is 1. The van der Waals surface area contributed by atoms with Crippen molar-refractivity contribution in [1.29, 1.82) is 0 Å². The van der Waals surface area contributed by atoms with E-state index in [1.54, 1.807) is 6.07 Å². The topological polar surface area (TPSA) is 74.0 Å². The number of aromatic amines is 1. The summed E-state index contributed by atoms with van der Waals surface area (Å²) in [5, 5.41) is 8.68. The molecule has 0 fully saturated rings. The summed E-state index contributed by atoms with van der Waals surface area (Å²) < 4.78 is 0. The number of H-pyrrole nitrogens is 1. The highest BCUT2D eigenvalue weighted by Crippen LogP contribution is 2.19. The number of hydrogen-bond donors (Lipinski definition) is 3. The van der Waals surface area contributed by atoms with Gasteiger partial charge in [0.1, 0.15) is 6.04 Å². The molecule has 0 bridgehead atoms. The number of fused-ring (bicyclic) bond motifs is 1. The van der Waals surface area contributed by atoms with Gasteiger partial charge < -0.3 is 15.6 Å². The third kappa shape index (κ3) is 4.09. The molecule has 0 unspecified atom stereocenters. The van der Waals surface area contributed by atoms with Crippen molar-refractivity contribution in [3.8, 4) is 0 Å². The van der Waals surface area contributed by atoms with Crippen LogP contribution in [0.5, 0.6) is 0 Å². The fourth-order valence-electron chi connectivity index (χ4n) is 2.75. The Bertz CT molecular complexity index is 868. The van der Waals surface area contributed by atoms with Crippen LogP contribution in [0, 0.1) is 0 Å². The zero-order valence-corrected chi connectivity index (χ0v) is 15.0. The van der Waals surface area contributed by atoms with Gasteiger partial charge in [0.15, 0.2) is 0 Å². The predicted octanol–water partition coefficient (Wildman–Crippen LogP) is 3.10. The number of amides is 2. The maximum absolute atomic E-state index is 12.6. The van der Waals surface area contributed by atoms with Gasteiger partial charge in [-0.1, -0.05) is 24.3 Å². The summed E-state index contributed by atoms with van der Waals surface area (Å²) in [5.41, 5.74) is 2.02. The molecule has 6 heteroatoms. The van der Waals surface area contributed by atoms with Gasteiger partial charge in [-0.15, -0.1) is 11.3 Å². The Morgan fingerprint density at radius 2 is 1.92 bits per heavy atom. The van der Waals surface area contributed by atoms with Crippen molar-refractivity contribution >= 4 is 34.1 Å². The minimum absolute atomic E-state index is 0.0107. The first-order valence-corrected chi connectivity index (χ1v) is 9.12. The average Bonchev–Trinajstić information content (AvgIpc) is 3.23. The first-order chi connectivity index (χ1) is 12.0. The van der Waals surface area contributed by atoms with Crippen LogP contribution >= 0.6 is 11.3 Å². The minimum atomic E-state index is -0.629. The van der Waals surface area contributed by atoms with E-state index in [2.05, 4.69) is 15.6 Å². The monoisotopic (exact) mass is 355 g/mol. The van der Waals surface area contributed by atoms with Gasteiger partial charge in [-0.3, -0.25) is 9.59 Å². The van der Waals surface area contributed by atoms with E-state index in [1.807, 2.05) is 55.8 Å². The number of nitrogens with one attached hydrogen (secondary N) is 3. The molecular formula is C19H21N3O2S. The first-order valence-electron chi connectivity index (χ1n) is 8.24. The second-order valence-electron chi connectivity index (χ2n) is 6.23. The zero-order valence-electron chi connectivity index (χ0n) is 14.2. The number of thiophene rings is 1. The van der Waals surface area contributed by atoms with Crippen LogP contribution in [-0.4, -0.2) is 28.9 Å². The van der Waals surface area contributed by atoms with Crippen molar-refractivity contribution in [1.82, 2.24) is 15.6 Å². The molecule has 0 aliphatic carbocycles. The number of hydrogen-bond acceptors (Lipinski definition) is 3. The van der Waals surface area contributed by atoms with Crippen LogP contribution in [0.25, 0.3) is 10.9 Å². The molecule has 1 atom stereocenters. The number of aromatic nitrogens is 1. The maximum Gasteiger partial charge on any atom is 0.262 e. The number of benzene rings is 1. The van der Waals surface area contributed by atoms with E-state index in [-0.39, 0.29) is 17.9 Å². The fourth-order valence-corrected chi connectivity index (χ4v) is 3.38. The second kappa shape index (κ2) is 7.53. The van der Waals surface area contributed by atoms with Gasteiger partial charge in [-0.2, -0.15) is 0 Å². The molecule has 0 aliphatic heterocycles. The molecule has 25 heavy (non-hydrogen) atoms. The third-order valence-electron chi connectivity index (χ3n) is 3.90. The van der Waals surface area contributed by atoms with Crippen LogP contribution in [0.15, 0.2) is 48.0 Å². The Kier molecular flexibility index (Phi) is 5.19. The second-order valence-corrected chi connectivity index (χ2v) is 7.18. The molecule has 0 saturated heterocycles. The van der Waals surface area contributed by atoms with Crippen LogP contribution in [0.2, 0.25) is 0 Å². The molecular weight excluding hydrogens is 334 g/mol. The highest BCUT2D eigenvalue weighted by atomic mass is 32.1. The number of carbonyl (C=O) groups excluding carboxylic acids is 2. The Morgan fingerprint density at radius 1 is 1.12 bits per heavy atom. The van der Waals surface area contributed by atoms with Gasteiger partial charge in [0.05, 0.1) is 4.88 Å². The molecule has 1 aromatic carbocycles. The quantitative estimate of drug-likeness (QED) is 0.636. The summed E-state index contributed by atoms with van der Waals surface area (Å²) in [6.07, 6.45) is 2.33. The summed E-state index contributed by atoms with van der Waals surface area (Å²) in [4.78, 5) is 28.8. The van der Waals surface area contributed by atoms with Crippen molar-refractivity contribution in [2.24, 2.45) is 0 Å². The average molecular weight is 355 g/mol. The van der Waals surface area contributed by atoms with E-state index in [0.29, 0.717) is 11.3 Å². The lowest BCUT2D eigenvalue weighted by molar-refractivity contribution is -0.123. The van der Waals surface area contributed by atoms with E-state index >= 15 is 0 Å². The van der Waals surface area contributed by atoms with E-state index in [1.165, 1.54) is 11.3 Å². The molecule has 3 N–H and O–H groups in total. The smallest absolute Gasteiger partial charge is 0.262 e. The molecule has 2 amide bonds.